The fraction of sp³-hybridized carbons (Fsp3) is 0.615. The van der Waals surface area contributed by atoms with E-state index in [1.54, 1.807) is 7.11 Å². The highest BCUT2D eigenvalue weighted by atomic mass is 16.5. The highest BCUT2D eigenvalue weighted by Gasteiger charge is 2.39. The minimum atomic E-state index is 0.153. The van der Waals surface area contributed by atoms with Gasteiger partial charge in [-0.15, -0.1) is 0 Å². The summed E-state index contributed by atoms with van der Waals surface area (Å²) in [6.07, 6.45) is 3.91. The Kier molecular flexibility index (Phi) is 3.15. The third kappa shape index (κ3) is 2.19. The van der Waals surface area contributed by atoms with Crippen molar-refractivity contribution in [3.63, 3.8) is 0 Å². The van der Waals surface area contributed by atoms with Gasteiger partial charge in [-0.25, -0.2) is 0 Å². The van der Waals surface area contributed by atoms with E-state index in [1.165, 1.54) is 0 Å². The Labute approximate surface area is 96.0 Å². The van der Waals surface area contributed by atoms with Crippen molar-refractivity contribution < 1.29 is 4.74 Å². The number of pyridine rings is 1. The molecule has 1 aromatic heterocycles. The van der Waals surface area contributed by atoms with Crippen molar-refractivity contribution in [3.05, 3.63) is 34.2 Å². The van der Waals surface area contributed by atoms with Crippen molar-refractivity contribution in [2.45, 2.75) is 38.8 Å². The number of rotatable bonds is 4. The number of nitrogens with zero attached hydrogens (tertiary/aromatic N) is 1. The molecule has 0 aliphatic heterocycles. The minimum Gasteiger partial charge on any atom is -0.379 e. The van der Waals surface area contributed by atoms with Gasteiger partial charge in [-0.3, -0.25) is 4.79 Å². The van der Waals surface area contributed by atoms with E-state index in [2.05, 4.69) is 13.8 Å². The topological polar surface area (TPSA) is 31.2 Å². The first-order chi connectivity index (χ1) is 7.63. The number of methoxy groups -OCH3 is 1. The van der Waals surface area contributed by atoms with Crippen molar-refractivity contribution in [2.75, 3.05) is 7.11 Å². The molecular formula is C13H19NO2. The molecule has 1 saturated carbocycles. The van der Waals surface area contributed by atoms with Crippen LogP contribution in [-0.4, -0.2) is 17.8 Å². The summed E-state index contributed by atoms with van der Waals surface area (Å²) in [5.41, 5.74) is 1.07. The van der Waals surface area contributed by atoms with Gasteiger partial charge >= 0.3 is 0 Å². The maximum atomic E-state index is 12.2. The van der Waals surface area contributed by atoms with Gasteiger partial charge in [0.15, 0.2) is 0 Å². The standard InChI is InChI=1S/C13H19NO2/c1-9(2)7-10-5-4-6-14(13(10)15)11-8-12(11)16-3/h4-6,9,11-12H,7-8H2,1-3H3/t11?,12-/m1/s1. The van der Waals surface area contributed by atoms with Crippen LogP contribution in [0, 0.1) is 5.92 Å². The normalized spacial score (nSPS) is 23.8. The van der Waals surface area contributed by atoms with Crippen LogP contribution in [0.5, 0.6) is 0 Å². The van der Waals surface area contributed by atoms with Gasteiger partial charge in [0.25, 0.3) is 5.56 Å². The molecule has 3 heteroatoms. The molecule has 0 radical (unpaired) electrons. The highest BCUT2D eigenvalue weighted by molar-refractivity contribution is 5.13. The second-order valence-electron chi connectivity index (χ2n) is 4.92. The Morgan fingerprint density at radius 2 is 2.31 bits per heavy atom. The first-order valence-electron chi connectivity index (χ1n) is 5.86. The monoisotopic (exact) mass is 221 g/mol. The molecule has 0 N–H and O–H groups in total. The SMILES string of the molecule is CO[C@@H]1CC1n1cccc(CC(C)C)c1=O. The van der Waals surface area contributed by atoms with Crippen LogP contribution >= 0.6 is 0 Å². The molecule has 1 fully saturated rings. The van der Waals surface area contributed by atoms with Gasteiger partial charge in [0.1, 0.15) is 0 Å². The molecule has 2 rings (SSSR count). The highest BCUT2D eigenvalue weighted by Crippen LogP contribution is 2.37. The molecule has 88 valence electrons. The van der Waals surface area contributed by atoms with E-state index in [-0.39, 0.29) is 17.7 Å². The predicted molar refractivity (Wildman–Crippen MR) is 63.7 cm³/mol. The van der Waals surface area contributed by atoms with Crippen molar-refractivity contribution in [3.8, 4) is 0 Å². The zero-order valence-electron chi connectivity index (χ0n) is 10.1. The van der Waals surface area contributed by atoms with Crippen LogP contribution in [0.2, 0.25) is 0 Å². The first-order valence-corrected chi connectivity index (χ1v) is 5.86. The Hall–Kier alpha value is -1.09. The summed E-state index contributed by atoms with van der Waals surface area (Å²) in [7, 11) is 1.70. The number of aromatic nitrogens is 1. The van der Waals surface area contributed by atoms with E-state index < -0.39 is 0 Å². The van der Waals surface area contributed by atoms with Crippen LogP contribution < -0.4 is 5.56 Å². The molecule has 0 amide bonds. The lowest BCUT2D eigenvalue weighted by Gasteiger charge is -2.08. The second-order valence-corrected chi connectivity index (χ2v) is 4.92. The van der Waals surface area contributed by atoms with Gasteiger partial charge in [0.05, 0.1) is 12.1 Å². The molecular weight excluding hydrogens is 202 g/mol. The third-order valence-electron chi connectivity index (χ3n) is 3.04. The zero-order chi connectivity index (χ0) is 11.7. The fourth-order valence-electron chi connectivity index (χ4n) is 2.12. The molecule has 3 nitrogen and oxygen atoms in total. The molecule has 1 aliphatic carbocycles. The van der Waals surface area contributed by atoms with E-state index in [4.69, 9.17) is 4.74 Å². The van der Waals surface area contributed by atoms with Crippen LogP contribution in [0.3, 0.4) is 0 Å². The molecule has 0 bridgehead atoms. The zero-order valence-corrected chi connectivity index (χ0v) is 10.1. The smallest absolute Gasteiger partial charge is 0.254 e. The largest absolute Gasteiger partial charge is 0.379 e. The lowest BCUT2D eigenvalue weighted by molar-refractivity contribution is 0.169. The quantitative estimate of drug-likeness (QED) is 0.778. The van der Waals surface area contributed by atoms with Crippen LogP contribution in [0.4, 0.5) is 0 Å². The predicted octanol–water partition coefficient (Wildman–Crippen LogP) is 2.01. The van der Waals surface area contributed by atoms with E-state index in [0.717, 1.165) is 18.4 Å². The Bertz CT molecular complexity index is 422. The van der Waals surface area contributed by atoms with Crippen LogP contribution in [-0.2, 0) is 11.2 Å². The first kappa shape index (κ1) is 11.4. The van der Waals surface area contributed by atoms with Gasteiger partial charge in [-0.05, 0) is 24.8 Å². The summed E-state index contributed by atoms with van der Waals surface area (Å²) in [5.74, 6) is 0.515. The van der Waals surface area contributed by atoms with Crippen LogP contribution in [0.15, 0.2) is 23.1 Å². The molecule has 0 aromatic carbocycles. The molecule has 1 unspecified atom stereocenters. The molecule has 16 heavy (non-hydrogen) atoms. The number of hydrogen-bond acceptors (Lipinski definition) is 2. The number of ether oxygens (including phenoxy) is 1. The summed E-state index contributed by atoms with van der Waals surface area (Å²) in [6, 6.07) is 4.15. The van der Waals surface area contributed by atoms with Crippen molar-refractivity contribution in [1.29, 1.82) is 0 Å². The Morgan fingerprint density at radius 3 is 2.88 bits per heavy atom. The molecule has 2 atom stereocenters. The van der Waals surface area contributed by atoms with Gasteiger partial charge < -0.3 is 9.30 Å². The fourth-order valence-corrected chi connectivity index (χ4v) is 2.12. The van der Waals surface area contributed by atoms with Gasteiger partial charge in [-0.2, -0.15) is 0 Å². The third-order valence-corrected chi connectivity index (χ3v) is 3.04. The summed E-state index contributed by atoms with van der Waals surface area (Å²) in [5, 5.41) is 0. The van der Waals surface area contributed by atoms with Crippen molar-refractivity contribution in [2.24, 2.45) is 5.92 Å². The number of hydrogen-bond donors (Lipinski definition) is 0. The molecule has 0 saturated heterocycles. The van der Waals surface area contributed by atoms with Crippen molar-refractivity contribution >= 4 is 0 Å². The minimum absolute atomic E-state index is 0.153. The maximum absolute atomic E-state index is 12.2. The second kappa shape index (κ2) is 4.42. The lowest BCUT2D eigenvalue weighted by Crippen LogP contribution is -2.24. The summed E-state index contributed by atoms with van der Waals surface area (Å²) in [4.78, 5) is 12.2. The lowest BCUT2D eigenvalue weighted by atomic mass is 10.0. The molecule has 1 aromatic rings. The average Bonchev–Trinajstić information content (AvgIpc) is 2.99. The summed E-state index contributed by atoms with van der Waals surface area (Å²) >= 11 is 0. The van der Waals surface area contributed by atoms with E-state index >= 15 is 0 Å². The van der Waals surface area contributed by atoms with E-state index in [1.807, 2.05) is 22.9 Å². The maximum Gasteiger partial charge on any atom is 0.254 e. The molecule has 0 spiro atoms. The average molecular weight is 221 g/mol. The van der Waals surface area contributed by atoms with Gasteiger partial charge in [0.2, 0.25) is 0 Å². The summed E-state index contributed by atoms with van der Waals surface area (Å²) < 4.78 is 7.07. The van der Waals surface area contributed by atoms with Gasteiger partial charge in [-0.1, -0.05) is 19.9 Å². The van der Waals surface area contributed by atoms with Crippen molar-refractivity contribution in [1.82, 2.24) is 4.57 Å². The van der Waals surface area contributed by atoms with E-state index in [9.17, 15) is 4.79 Å². The van der Waals surface area contributed by atoms with Gasteiger partial charge in [0, 0.05) is 18.9 Å². The van der Waals surface area contributed by atoms with E-state index in [0.29, 0.717) is 5.92 Å². The van der Waals surface area contributed by atoms with Crippen LogP contribution in [0.1, 0.15) is 31.9 Å². The molecule has 1 aliphatic rings. The summed E-state index contributed by atoms with van der Waals surface area (Å²) in [6.45, 7) is 4.26. The molecule has 1 heterocycles. The van der Waals surface area contributed by atoms with Crippen LogP contribution in [0.25, 0.3) is 0 Å². The Balaban J connectivity index is 2.24. The Morgan fingerprint density at radius 1 is 1.56 bits per heavy atom.